The molecule has 0 saturated carbocycles. The highest BCUT2D eigenvalue weighted by Crippen LogP contribution is 2.42. The van der Waals surface area contributed by atoms with E-state index in [4.69, 9.17) is 4.74 Å². The zero-order valence-corrected chi connectivity index (χ0v) is 15.5. The summed E-state index contributed by atoms with van der Waals surface area (Å²) in [6.45, 7) is 10.0. The van der Waals surface area contributed by atoms with Crippen LogP contribution in [-0.4, -0.2) is 30.6 Å². The second kappa shape index (κ2) is 6.70. The van der Waals surface area contributed by atoms with Gasteiger partial charge < -0.3 is 15.0 Å². The summed E-state index contributed by atoms with van der Waals surface area (Å²) < 4.78 is 5.55. The summed E-state index contributed by atoms with van der Waals surface area (Å²) in [5.74, 6) is 0.0193. The highest BCUT2D eigenvalue weighted by atomic mass is 31.0. The maximum Gasteiger partial charge on any atom is 0.253 e. The van der Waals surface area contributed by atoms with Crippen molar-refractivity contribution in [2.75, 3.05) is 19.8 Å². The highest BCUT2D eigenvalue weighted by Gasteiger charge is 2.43. The van der Waals surface area contributed by atoms with E-state index in [1.165, 1.54) is 0 Å². The molecule has 0 bridgehead atoms. The van der Waals surface area contributed by atoms with E-state index in [9.17, 15) is 4.79 Å². The summed E-state index contributed by atoms with van der Waals surface area (Å²) in [7, 11) is 2.73. The van der Waals surface area contributed by atoms with Crippen LogP contribution in [0.2, 0.25) is 0 Å². The second-order valence-corrected chi connectivity index (χ2v) is 7.15. The molecule has 1 atom stereocenters. The third-order valence-electron chi connectivity index (χ3n) is 5.18. The van der Waals surface area contributed by atoms with Crippen molar-refractivity contribution < 1.29 is 9.53 Å². The minimum Gasteiger partial charge on any atom is -0.381 e. The van der Waals surface area contributed by atoms with Gasteiger partial charge in [0.2, 0.25) is 0 Å². The topological polar surface area (TPSA) is 54.1 Å². The maximum absolute atomic E-state index is 12.5. The summed E-state index contributed by atoms with van der Waals surface area (Å²) in [5.41, 5.74) is 4.90. The van der Waals surface area contributed by atoms with E-state index in [2.05, 4.69) is 32.2 Å². The lowest BCUT2D eigenvalue weighted by Gasteiger charge is -2.40. The molecule has 2 N–H and O–H groups in total. The standard InChI is InChI=1S/C19H25N2O2P/c1-4-6-13(14(24)5-2)16-12(3)15-17(21-16)19(11-20-18(15)22)7-9-23-10-8-19/h4-6,21H,2,7-11,24H2,1,3H3,(H,20,22)/b6-4-,14-13-. The number of carbonyl (C=O) groups is 1. The fraction of sp³-hybridized carbons (Fsp3) is 0.421. The molecule has 0 radical (unpaired) electrons. The van der Waals surface area contributed by atoms with Gasteiger partial charge in [-0.1, -0.05) is 24.8 Å². The van der Waals surface area contributed by atoms with E-state index < -0.39 is 0 Å². The molecule has 0 aliphatic carbocycles. The first-order chi connectivity index (χ1) is 11.5. The van der Waals surface area contributed by atoms with Crippen LogP contribution in [0.1, 0.15) is 47.1 Å². The van der Waals surface area contributed by atoms with Crippen molar-refractivity contribution in [3.63, 3.8) is 0 Å². The van der Waals surface area contributed by atoms with Crippen molar-refractivity contribution in [2.45, 2.75) is 32.1 Å². The van der Waals surface area contributed by atoms with E-state index in [1.54, 1.807) is 0 Å². The van der Waals surface area contributed by atoms with Crippen LogP contribution in [0.25, 0.3) is 5.57 Å². The molecule has 24 heavy (non-hydrogen) atoms. The zero-order chi connectivity index (χ0) is 17.3. The molecule has 128 valence electrons. The first kappa shape index (κ1) is 17.2. The number of carbonyl (C=O) groups excluding carboxylic acids is 1. The quantitative estimate of drug-likeness (QED) is 0.652. The summed E-state index contributed by atoms with van der Waals surface area (Å²) in [6.07, 6.45) is 7.74. The van der Waals surface area contributed by atoms with Gasteiger partial charge in [0.25, 0.3) is 5.91 Å². The van der Waals surface area contributed by atoms with E-state index in [0.29, 0.717) is 6.54 Å². The van der Waals surface area contributed by atoms with Crippen molar-refractivity contribution in [2.24, 2.45) is 0 Å². The molecule has 4 nitrogen and oxygen atoms in total. The van der Waals surface area contributed by atoms with Gasteiger partial charge in [-0.05, 0) is 37.6 Å². The van der Waals surface area contributed by atoms with Gasteiger partial charge in [0, 0.05) is 42.1 Å². The normalized spacial score (nSPS) is 20.7. The first-order valence-electron chi connectivity index (χ1n) is 8.38. The molecule has 3 rings (SSSR count). The van der Waals surface area contributed by atoms with Crippen LogP contribution in [-0.2, 0) is 10.2 Å². The first-order valence-corrected chi connectivity index (χ1v) is 8.96. The van der Waals surface area contributed by atoms with E-state index >= 15 is 0 Å². The zero-order valence-electron chi connectivity index (χ0n) is 14.4. The molecule has 0 aromatic carbocycles. The molecule has 1 fully saturated rings. The third kappa shape index (κ3) is 2.68. The number of allylic oxidation sites excluding steroid dienone is 5. The van der Waals surface area contributed by atoms with E-state index in [0.717, 1.165) is 59.5 Å². The fourth-order valence-electron chi connectivity index (χ4n) is 3.76. The predicted molar refractivity (Wildman–Crippen MR) is 101 cm³/mol. The Bertz CT molecular complexity index is 737. The summed E-state index contributed by atoms with van der Waals surface area (Å²) in [5, 5.41) is 4.10. The van der Waals surface area contributed by atoms with Gasteiger partial charge in [-0.15, -0.1) is 9.24 Å². The van der Waals surface area contributed by atoms with Crippen molar-refractivity contribution in [3.05, 3.63) is 52.6 Å². The average Bonchev–Trinajstić information content (AvgIpc) is 2.95. The van der Waals surface area contributed by atoms with Crippen LogP contribution in [0.3, 0.4) is 0 Å². The van der Waals surface area contributed by atoms with Crippen LogP contribution in [0, 0.1) is 6.92 Å². The van der Waals surface area contributed by atoms with Crippen LogP contribution in [0.15, 0.2) is 30.1 Å². The van der Waals surface area contributed by atoms with Crippen molar-refractivity contribution in [3.8, 4) is 0 Å². The minimum atomic E-state index is -0.0409. The second-order valence-electron chi connectivity index (χ2n) is 6.52. The van der Waals surface area contributed by atoms with E-state index in [1.807, 2.05) is 26.0 Å². The monoisotopic (exact) mass is 344 g/mol. The van der Waals surface area contributed by atoms with Crippen LogP contribution in [0.4, 0.5) is 0 Å². The van der Waals surface area contributed by atoms with Crippen LogP contribution >= 0.6 is 9.24 Å². The molecule has 1 saturated heterocycles. The Morgan fingerprint density at radius 3 is 2.71 bits per heavy atom. The van der Waals surface area contributed by atoms with Gasteiger partial charge in [-0.3, -0.25) is 4.79 Å². The van der Waals surface area contributed by atoms with E-state index in [-0.39, 0.29) is 11.3 Å². The minimum absolute atomic E-state index is 0.0193. The largest absolute Gasteiger partial charge is 0.381 e. The Morgan fingerprint density at radius 1 is 1.38 bits per heavy atom. The molecule has 1 aromatic rings. The predicted octanol–water partition coefficient (Wildman–Crippen LogP) is 3.46. The summed E-state index contributed by atoms with van der Waals surface area (Å²) >= 11 is 0. The number of H-pyrrole nitrogens is 1. The number of rotatable bonds is 3. The fourth-order valence-corrected chi connectivity index (χ4v) is 4.00. The summed E-state index contributed by atoms with van der Waals surface area (Å²) in [6, 6.07) is 0. The average molecular weight is 344 g/mol. The highest BCUT2D eigenvalue weighted by molar-refractivity contribution is 7.23. The number of ether oxygens (including phenoxy) is 1. The number of amides is 1. The molecule has 1 spiro atoms. The Balaban J connectivity index is 2.21. The number of aromatic nitrogens is 1. The lowest BCUT2D eigenvalue weighted by atomic mass is 9.73. The van der Waals surface area contributed by atoms with Crippen molar-refractivity contribution >= 4 is 20.7 Å². The molecule has 2 aliphatic heterocycles. The van der Waals surface area contributed by atoms with Gasteiger partial charge in [-0.25, -0.2) is 0 Å². The Morgan fingerprint density at radius 2 is 2.08 bits per heavy atom. The lowest BCUT2D eigenvalue weighted by Crippen LogP contribution is -2.49. The molecular weight excluding hydrogens is 319 g/mol. The number of hydrogen-bond donors (Lipinski definition) is 2. The van der Waals surface area contributed by atoms with Crippen LogP contribution in [0.5, 0.6) is 0 Å². The summed E-state index contributed by atoms with van der Waals surface area (Å²) in [4.78, 5) is 16.2. The molecular formula is C19H25N2O2P. The molecule has 2 aliphatic rings. The van der Waals surface area contributed by atoms with Gasteiger partial charge in [0.15, 0.2) is 0 Å². The van der Waals surface area contributed by atoms with Gasteiger partial charge in [-0.2, -0.15) is 0 Å². The molecule has 1 unspecified atom stereocenters. The van der Waals surface area contributed by atoms with Crippen molar-refractivity contribution in [1.29, 1.82) is 0 Å². The van der Waals surface area contributed by atoms with Crippen LogP contribution < -0.4 is 5.32 Å². The number of fused-ring (bicyclic) bond motifs is 2. The Kier molecular flexibility index (Phi) is 4.80. The SMILES string of the molecule is C=C/C(P)=C(\C=C/C)c1[nH]c2c(c1C)C(=O)NCC21CCOCC1. The molecule has 3 heterocycles. The molecule has 1 amide bonds. The number of nitrogens with one attached hydrogen (secondary N) is 2. The van der Waals surface area contributed by atoms with Crippen molar-refractivity contribution in [1.82, 2.24) is 10.3 Å². The Hall–Kier alpha value is -1.64. The molecule has 5 heteroatoms. The molecule has 1 aromatic heterocycles. The van der Waals surface area contributed by atoms with Gasteiger partial charge in [0.05, 0.1) is 5.56 Å². The number of hydrogen-bond acceptors (Lipinski definition) is 2. The maximum atomic E-state index is 12.5. The Labute approximate surface area is 145 Å². The number of aromatic amines is 1. The smallest absolute Gasteiger partial charge is 0.253 e. The van der Waals surface area contributed by atoms with Gasteiger partial charge in [0.1, 0.15) is 0 Å². The lowest BCUT2D eigenvalue weighted by molar-refractivity contribution is 0.0442. The van der Waals surface area contributed by atoms with Gasteiger partial charge >= 0.3 is 0 Å². The third-order valence-corrected chi connectivity index (χ3v) is 5.72.